The first-order chi connectivity index (χ1) is 10.4. The molecule has 0 saturated carbocycles. The Balaban J connectivity index is 3.29. The summed E-state index contributed by atoms with van der Waals surface area (Å²) in [5, 5.41) is 1.61. The van der Waals surface area contributed by atoms with E-state index in [1.54, 1.807) is 5.32 Å². The summed E-state index contributed by atoms with van der Waals surface area (Å²) >= 11 is 0. The van der Waals surface area contributed by atoms with Crippen LogP contribution in [0.25, 0.3) is 0 Å². The number of carbonyl (C=O) groups is 1. The van der Waals surface area contributed by atoms with Gasteiger partial charge < -0.3 is 14.8 Å². The average molecular weight is 345 g/mol. The Morgan fingerprint density at radius 2 is 1.52 bits per heavy atom. The van der Waals surface area contributed by atoms with Gasteiger partial charge in [-0.15, -0.1) is 0 Å². The van der Waals surface area contributed by atoms with E-state index in [0.29, 0.717) is 0 Å². The summed E-state index contributed by atoms with van der Waals surface area (Å²) in [4.78, 5) is 11.7. The van der Waals surface area contributed by atoms with Gasteiger partial charge >= 0.3 is 12.4 Å². The molecule has 0 heterocycles. The van der Waals surface area contributed by atoms with E-state index in [1.165, 1.54) is 19.2 Å². The van der Waals surface area contributed by atoms with E-state index < -0.39 is 23.7 Å². The van der Waals surface area contributed by atoms with E-state index in [4.69, 9.17) is 9.47 Å². The van der Waals surface area contributed by atoms with Crippen molar-refractivity contribution in [1.29, 1.82) is 0 Å². The van der Waals surface area contributed by atoms with Crippen LogP contribution in [0.1, 0.15) is 6.92 Å². The Bertz CT molecular complexity index is 568. The number of amides is 1. The average Bonchev–Trinajstić information content (AvgIpc) is 2.43. The largest absolute Gasteiger partial charge is 0.497 e. The number of carbonyl (C=O) groups excluding carboxylic acids is 1. The highest BCUT2D eigenvalue weighted by Gasteiger charge is 2.72. The van der Waals surface area contributed by atoms with Gasteiger partial charge in [0.15, 0.2) is 0 Å². The summed E-state index contributed by atoms with van der Waals surface area (Å²) in [5.74, 6) is -2.28. The second-order valence-corrected chi connectivity index (χ2v) is 4.64. The molecule has 0 fully saturated rings. The van der Waals surface area contributed by atoms with Crippen molar-refractivity contribution in [3.8, 4) is 11.5 Å². The lowest BCUT2D eigenvalue weighted by Gasteiger charge is -2.32. The zero-order valence-corrected chi connectivity index (χ0v) is 12.2. The normalized spacial score (nSPS) is 12.7. The molecule has 1 N–H and O–H groups in total. The van der Waals surface area contributed by atoms with Gasteiger partial charge in [-0.3, -0.25) is 4.79 Å². The minimum atomic E-state index is -5.83. The smallest absolute Gasteiger partial charge is 0.411 e. The third-order valence-corrected chi connectivity index (χ3v) is 3.24. The van der Waals surface area contributed by atoms with Crippen LogP contribution in [0.2, 0.25) is 0 Å². The number of methoxy groups -OCH3 is 2. The summed E-state index contributed by atoms with van der Waals surface area (Å²) in [6, 6.07) is 3.64. The number of hydrogen-bond donors (Lipinski definition) is 1. The molecule has 1 amide bonds. The van der Waals surface area contributed by atoms with E-state index in [1.807, 2.05) is 0 Å². The zero-order valence-electron chi connectivity index (χ0n) is 12.2. The number of ether oxygens (including phenoxy) is 2. The maximum atomic E-state index is 12.8. The zero-order chi connectivity index (χ0) is 18.1. The lowest BCUT2D eigenvalue weighted by Crippen LogP contribution is -2.55. The number of alkyl halides is 6. The molecule has 130 valence electrons. The van der Waals surface area contributed by atoms with Crippen molar-refractivity contribution in [2.24, 2.45) is 5.41 Å². The predicted molar refractivity (Wildman–Crippen MR) is 68.4 cm³/mol. The van der Waals surface area contributed by atoms with Gasteiger partial charge in [-0.1, -0.05) is 0 Å². The van der Waals surface area contributed by atoms with Gasteiger partial charge in [0.25, 0.3) is 0 Å². The van der Waals surface area contributed by atoms with Crippen LogP contribution < -0.4 is 14.8 Å². The van der Waals surface area contributed by atoms with Crippen molar-refractivity contribution in [2.75, 3.05) is 19.5 Å². The lowest BCUT2D eigenvalue weighted by atomic mass is 9.87. The van der Waals surface area contributed by atoms with E-state index in [2.05, 4.69) is 0 Å². The first-order valence-corrected chi connectivity index (χ1v) is 6.05. The van der Waals surface area contributed by atoms with Crippen LogP contribution in [-0.2, 0) is 4.79 Å². The molecular weight excluding hydrogens is 332 g/mol. The Morgan fingerprint density at radius 1 is 1.00 bits per heavy atom. The molecule has 0 bridgehead atoms. The molecule has 23 heavy (non-hydrogen) atoms. The monoisotopic (exact) mass is 345 g/mol. The molecule has 1 rings (SSSR count). The second kappa shape index (κ2) is 6.17. The van der Waals surface area contributed by atoms with Crippen LogP contribution in [0.4, 0.5) is 32.0 Å². The van der Waals surface area contributed by atoms with E-state index in [-0.39, 0.29) is 24.1 Å². The Kier molecular flexibility index (Phi) is 5.07. The molecule has 0 aliphatic heterocycles. The fourth-order valence-corrected chi connectivity index (χ4v) is 1.58. The van der Waals surface area contributed by atoms with Gasteiger partial charge in [0.2, 0.25) is 11.3 Å². The highest BCUT2D eigenvalue weighted by molar-refractivity contribution is 5.97. The van der Waals surface area contributed by atoms with Gasteiger partial charge in [-0.05, 0) is 19.1 Å². The molecule has 0 aromatic heterocycles. The first-order valence-electron chi connectivity index (χ1n) is 6.05. The minimum Gasteiger partial charge on any atom is -0.497 e. The Labute approximate surface area is 127 Å². The molecule has 0 aliphatic rings. The van der Waals surface area contributed by atoms with E-state index in [0.717, 1.165) is 13.2 Å². The first kappa shape index (κ1) is 18.9. The fraction of sp³-hybridized carbons (Fsp3) is 0.462. The second-order valence-electron chi connectivity index (χ2n) is 4.64. The summed E-state index contributed by atoms with van der Waals surface area (Å²) in [7, 11) is 2.38. The maximum absolute atomic E-state index is 12.8. The van der Waals surface area contributed by atoms with Gasteiger partial charge in [0.05, 0.1) is 19.9 Å². The van der Waals surface area contributed by atoms with Crippen molar-refractivity contribution >= 4 is 11.6 Å². The standard InChI is InChI=1S/C13H13F6NO3/c1-11(12(14,15)16,13(17,18)19)10(21)20-8-6-7(22-2)4-5-9(8)23-3/h4-6H,1-3H3,(H,20,21). The number of anilines is 1. The molecule has 0 atom stereocenters. The summed E-state index contributed by atoms with van der Waals surface area (Å²) in [6.07, 6.45) is -11.7. The minimum absolute atomic E-state index is 0.113. The quantitative estimate of drug-likeness (QED) is 0.845. The predicted octanol–water partition coefficient (Wildman–Crippen LogP) is 3.77. The van der Waals surface area contributed by atoms with Crippen molar-refractivity contribution < 1.29 is 40.6 Å². The summed E-state index contributed by atoms with van der Waals surface area (Å²) < 4.78 is 86.7. The molecular formula is C13H13F6NO3. The summed E-state index contributed by atoms with van der Waals surface area (Å²) in [5.41, 5.74) is -4.95. The Morgan fingerprint density at radius 3 is 1.91 bits per heavy atom. The molecule has 0 unspecified atom stereocenters. The van der Waals surface area contributed by atoms with Crippen molar-refractivity contribution in [3.05, 3.63) is 18.2 Å². The molecule has 1 aromatic carbocycles. The SMILES string of the molecule is COc1ccc(OC)c(NC(=O)C(C)(C(F)(F)F)C(F)(F)F)c1. The third-order valence-electron chi connectivity index (χ3n) is 3.24. The Hall–Kier alpha value is -2.13. The van der Waals surface area contributed by atoms with Crippen LogP contribution >= 0.6 is 0 Å². The number of hydrogen-bond acceptors (Lipinski definition) is 3. The van der Waals surface area contributed by atoms with Gasteiger partial charge in [0, 0.05) is 6.07 Å². The molecule has 4 nitrogen and oxygen atoms in total. The van der Waals surface area contributed by atoms with E-state index in [9.17, 15) is 31.1 Å². The number of benzene rings is 1. The topological polar surface area (TPSA) is 47.6 Å². The molecule has 10 heteroatoms. The number of nitrogens with one attached hydrogen (secondary N) is 1. The third kappa shape index (κ3) is 3.45. The van der Waals surface area contributed by atoms with Crippen LogP contribution in [-0.4, -0.2) is 32.5 Å². The molecule has 1 aromatic rings. The number of rotatable bonds is 4. The lowest BCUT2D eigenvalue weighted by molar-refractivity contribution is -0.317. The van der Waals surface area contributed by atoms with Crippen LogP contribution in [0.3, 0.4) is 0 Å². The maximum Gasteiger partial charge on any atom is 0.411 e. The molecule has 0 aliphatic carbocycles. The van der Waals surface area contributed by atoms with Crippen LogP contribution in [0.15, 0.2) is 18.2 Å². The van der Waals surface area contributed by atoms with Gasteiger partial charge in [-0.25, -0.2) is 0 Å². The highest BCUT2D eigenvalue weighted by Crippen LogP contribution is 2.50. The molecule has 0 saturated heterocycles. The van der Waals surface area contributed by atoms with Crippen molar-refractivity contribution in [2.45, 2.75) is 19.3 Å². The number of halogens is 6. The molecule has 0 spiro atoms. The van der Waals surface area contributed by atoms with Gasteiger partial charge in [0.1, 0.15) is 11.5 Å². The van der Waals surface area contributed by atoms with E-state index >= 15 is 0 Å². The summed E-state index contributed by atoms with van der Waals surface area (Å²) in [6.45, 7) is -0.227. The van der Waals surface area contributed by atoms with Crippen LogP contribution in [0.5, 0.6) is 11.5 Å². The van der Waals surface area contributed by atoms with Crippen molar-refractivity contribution in [1.82, 2.24) is 0 Å². The van der Waals surface area contributed by atoms with Crippen LogP contribution in [0, 0.1) is 5.41 Å². The molecule has 0 radical (unpaired) electrons. The van der Waals surface area contributed by atoms with Crippen molar-refractivity contribution in [3.63, 3.8) is 0 Å². The fourth-order valence-electron chi connectivity index (χ4n) is 1.58. The van der Waals surface area contributed by atoms with Gasteiger partial charge in [-0.2, -0.15) is 26.3 Å². The highest BCUT2D eigenvalue weighted by atomic mass is 19.4.